The third kappa shape index (κ3) is 5.29. The molecule has 0 aliphatic rings. The first kappa shape index (κ1) is 20.7. The van der Waals surface area contributed by atoms with Crippen LogP contribution in [0.3, 0.4) is 0 Å². The van der Waals surface area contributed by atoms with Gasteiger partial charge < -0.3 is 14.8 Å². The van der Waals surface area contributed by atoms with Crippen molar-refractivity contribution in [2.24, 2.45) is 0 Å². The molecule has 0 spiro atoms. The maximum absolute atomic E-state index is 12.4. The second-order valence-electron chi connectivity index (χ2n) is 6.38. The van der Waals surface area contributed by atoms with Crippen LogP contribution >= 0.6 is 11.6 Å². The first-order valence-corrected chi connectivity index (χ1v) is 9.79. The molecule has 0 saturated heterocycles. The normalized spacial score (nSPS) is 11.9. The number of hydrogen-bond acceptors (Lipinski definition) is 5. The van der Waals surface area contributed by atoms with Crippen LogP contribution in [-0.4, -0.2) is 38.7 Å². The summed E-state index contributed by atoms with van der Waals surface area (Å²) in [6.45, 7) is 7.28. The Morgan fingerprint density at radius 3 is 2.59 bits per heavy atom. The maximum Gasteiger partial charge on any atom is 0.249 e. The lowest BCUT2D eigenvalue weighted by Crippen LogP contribution is -2.23. The highest BCUT2D eigenvalue weighted by Crippen LogP contribution is 2.29. The van der Waals surface area contributed by atoms with Gasteiger partial charge in [0.1, 0.15) is 6.04 Å². The van der Waals surface area contributed by atoms with Gasteiger partial charge in [-0.2, -0.15) is 10.2 Å². The average Bonchev–Trinajstić information content (AvgIpc) is 3.32. The van der Waals surface area contributed by atoms with Gasteiger partial charge in [0.2, 0.25) is 5.91 Å². The molecule has 154 valence electrons. The summed E-state index contributed by atoms with van der Waals surface area (Å²) in [6.07, 6.45) is 6.49. The fourth-order valence-electron chi connectivity index (χ4n) is 2.79. The SMILES string of the molecule is CCOc1ccc(Cn2cc(NC(=O)C(C)n3cc(Cl)cn3)cn2)cc1OCC. The number of ether oxygens (including phenoxy) is 2. The van der Waals surface area contributed by atoms with Crippen LogP contribution in [0.1, 0.15) is 32.4 Å². The highest BCUT2D eigenvalue weighted by atomic mass is 35.5. The Morgan fingerprint density at radius 2 is 1.90 bits per heavy atom. The van der Waals surface area contributed by atoms with Crippen LogP contribution in [0, 0.1) is 0 Å². The lowest BCUT2D eigenvalue weighted by atomic mass is 10.2. The second kappa shape index (κ2) is 9.47. The third-order valence-corrected chi connectivity index (χ3v) is 4.39. The molecule has 2 heterocycles. The van der Waals surface area contributed by atoms with Crippen LogP contribution < -0.4 is 14.8 Å². The first-order chi connectivity index (χ1) is 14.0. The van der Waals surface area contributed by atoms with E-state index in [9.17, 15) is 4.79 Å². The quantitative estimate of drug-likeness (QED) is 0.572. The van der Waals surface area contributed by atoms with E-state index >= 15 is 0 Å². The van der Waals surface area contributed by atoms with Crippen molar-refractivity contribution in [3.05, 3.63) is 53.6 Å². The number of aromatic nitrogens is 4. The Bertz CT molecular complexity index is 969. The number of rotatable bonds is 9. The van der Waals surface area contributed by atoms with Gasteiger partial charge >= 0.3 is 0 Å². The molecule has 8 nitrogen and oxygen atoms in total. The molecule has 0 saturated carbocycles. The summed E-state index contributed by atoms with van der Waals surface area (Å²) < 4.78 is 14.5. The molecule has 0 aliphatic carbocycles. The van der Waals surface area contributed by atoms with Crippen molar-refractivity contribution in [3.63, 3.8) is 0 Å². The van der Waals surface area contributed by atoms with E-state index in [2.05, 4.69) is 15.5 Å². The van der Waals surface area contributed by atoms with E-state index in [1.165, 1.54) is 10.9 Å². The number of nitrogens with zero attached hydrogens (tertiary/aromatic N) is 4. The van der Waals surface area contributed by atoms with E-state index in [-0.39, 0.29) is 5.91 Å². The van der Waals surface area contributed by atoms with E-state index < -0.39 is 6.04 Å². The van der Waals surface area contributed by atoms with Crippen molar-refractivity contribution >= 4 is 23.2 Å². The summed E-state index contributed by atoms with van der Waals surface area (Å²) in [6, 6.07) is 5.31. The monoisotopic (exact) mass is 417 g/mol. The lowest BCUT2D eigenvalue weighted by molar-refractivity contribution is -0.119. The van der Waals surface area contributed by atoms with E-state index in [0.29, 0.717) is 36.2 Å². The van der Waals surface area contributed by atoms with Gasteiger partial charge in [-0.3, -0.25) is 14.2 Å². The standard InChI is InChI=1S/C20H24ClN5O3/c1-4-28-18-7-6-15(8-19(18)29-5-2)11-25-13-17(10-22-25)24-20(27)14(3)26-12-16(21)9-23-26/h6-10,12-14H,4-5,11H2,1-3H3,(H,24,27). The van der Waals surface area contributed by atoms with E-state index in [4.69, 9.17) is 21.1 Å². The zero-order chi connectivity index (χ0) is 20.8. The largest absolute Gasteiger partial charge is 0.490 e. The summed E-state index contributed by atoms with van der Waals surface area (Å²) in [4.78, 5) is 12.4. The van der Waals surface area contributed by atoms with Gasteiger partial charge in [0.05, 0.1) is 42.9 Å². The Kier molecular flexibility index (Phi) is 6.77. The van der Waals surface area contributed by atoms with Gasteiger partial charge in [0, 0.05) is 12.4 Å². The van der Waals surface area contributed by atoms with E-state index in [1.807, 2.05) is 32.0 Å². The van der Waals surface area contributed by atoms with Crippen molar-refractivity contribution in [2.45, 2.75) is 33.4 Å². The number of carbonyl (C=O) groups is 1. The molecule has 0 aliphatic heterocycles. The highest BCUT2D eigenvalue weighted by molar-refractivity contribution is 6.30. The van der Waals surface area contributed by atoms with Gasteiger partial charge in [-0.05, 0) is 38.5 Å². The summed E-state index contributed by atoms with van der Waals surface area (Å²) in [7, 11) is 0. The Balaban J connectivity index is 1.65. The molecule has 0 bridgehead atoms. The second-order valence-corrected chi connectivity index (χ2v) is 6.81. The highest BCUT2D eigenvalue weighted by Gasteiger charge is 2.17. The van der Waals surface area contributed by atoms with Gasteiger partial charge in [0.25, 0.3) is 0 Å². The molecule has 2 aromatic heterocycles. The van der Waals surface area contributed by atoms with E-state index in [1.54, 1.807) is 30.2 Å². The molecule has 0 radical (unpaired) electrons. The number of nitrogens with one attached hydrogen (secondary N) is 1. The maximum atomic E-state index is 12.4. The zero-order valence-electron chi connectivity index (χ0n) is 16.6. The number of halogens is 1. The zero-order valence-corrected chi connectivity index (χ0v) is 17.4. The molecule has 29 heavy (non-hydrogen) atoms. The molecule has 9 heteroatoms. The molecule has 3 aromatic rings. The minimum atomic E-state index is -0.495. The summed E-state index contributed by atoms with van der Waals surface area (Å²) in [5.41, 5.74) is 1.62. The average molecular weight is 418 g/mol. The van der Waals surface area contributed by atoms with Crippen molar-refractivity contribution < 1.29 is 14.3 Å². The molecule has 3 rings (SSSR count). The smallest absolute Gasteiger partial charge is 0.249 e. The van der Waals surface area contributed by atoms with Crippen molar-refractivity contribution in [1.82, 2.24) is 19.6 Å². The Morgan fingerprint density at radius 1 is 1.14 bits per heavy atom. The van der Waals surface area contributed by atoms with E-state index in [0.717, 1.165) is 11.3 Å². The first-order valence-electron chi connectivity index (χ1n) is 9.41. The predicted octanol–water partition coefficient (Wildman–Crippen LogP) is 3.78. The molecular formula is C20H24ClN5O3. The van der Waals surface area contributed by atoms with Crippen molar-refractivity contribution in [3.8, 4) is 11.5 Å². The minimum Gasteiger partial charge on any atom is -0.490 e. The summed E-state index contributed by atoms with van der Waals surface area (Å²) in [5.74, 6) is 1.22. The fourth-order valence-corrected chi connectivity index (χ4v) is 2.93. The van der Waals surface area contributed by atoms with Gasteiger partial charge in [0.15, 0.2) is 11.5 Å². The van der Waals surface area contributed by atoms with Gasteiger partial charge in [-0.25, -0.2) is 0 Å². The van der Waals surface area contributed by atoms with Crippen molar-refractivity contribution in [2.75, 3.05) is 18.5 Å². The summed E-state index contributed by atoms with van der Waals surface area (Å²) >= 11 is 5.86. The number of hydrogen-bond donors (Lipinski definition) is 1. The molecule has 1 N–H and O–H groups in total. The topological polar surface area (TPSA) is 83.2 Å². The fraction of sp³-hybridized carbons (Fsp3) is 0.350. The molecular weight excluding hydrogens is 394 g/mol. The Hall–Kier alpha value is -3.00. The van der Waals surface area contributed by atoms with Crippen molar-refractivity contribution in [1.29, 1.82) is 0 Å². The molecule has 1 unspecified atom stereocenters. The van der Waals surface area contributed by atoms with Crippen LogP contribution in [0.4, 0.5) is 5.69 Å². The minimum absolute atomic E-state index is 0.205. The number of amides is 1. The van der Waals surface area contributed by atoms with Crippen LogP contribution in [0.15, 0.2) is 43.0 Å². The van der Waals surface area contributed by atoms with Gasteiger partial charge in [-0.15, -0.1) is 0 Å². The predicted molar refractivity (Wildman–Crippen MR) is 111 cm³/mol. The summed E-state index contributed by atoms with van der Waals surface area (Å²) in [5, 5.41) is 11.7. The molecule has 1 aromatic carbocycles. The van der Waals surface area contributed by atoms with Crippen LogP contribution in [0.5, 0.6) is 11.5 Å². The molecule has 1 atom stereocenters. The molecule has 0 fully saturated rings. The number of carbonyl (C=O) groups excluding carboxylic acids is 1. The number of anilines is 1. The molecule has 1 amide bonds. The number of benzene rings is 1. The Labute approximate surface area is 174 Å². The van der Waals surface area contributed by atoms with Crippen LogP contribution in [0.25, 0.3) is 0 Å². The lowest BCUT2D eigenvalue weighted by Gasteiger charge is -2.12. The van der Waals surface area contributed by atoms with Gasteiger partial charge in [-0.1, -0.05) is 17.7 Å². The van der Waals surface area contributed by atoms with Crippen LogP contribution in [0.2, 0.25) is 5.02 Å². The third-order valence-electron chi connectivity index (χ3n) is 4.20. The van der Waals surface area contributed by atoms with Crippen LogP contribution in [-0.2, 0) is 11.3 Å².